The van der Waals surface area contributed by atoms with Crippen LogP contribution < -0.4 is 19.1 Å². The van der Waals surface area contributed by atoms with Crippen LogP contribution in [0.4, 0.5) is 5.69 Å². The van der Waals surface area contributed by atoms with Crippen LogP contribution in [0.5, 0.6) is 11.5 Å². The molecule has 0 radical (unpaired) electrons. The lowest BCUT2D eigenvalue weighted by Gasteiger charge is -2.32. The predicted octanol–water partition coefficient (Wildman–Crippen LogP) is 4.38. The summed E-state index contributed by atoms with van der Waals surface area (Å²) in [5.74, 6) is 0.565. The van der Waals surface area contributed by atoms with E-state index in [1.165, 1.54) is 4.31 Å². The van der Waals surface area contributed by atoms with Crippen LogP contribution in [0.2, 0.25) is 5.02 Å². The van der Waals surface area contributed by atoms with E-state index >= 15 is 0 Å². The van der Waals surface area contributed by atoms with E-state index in [0.29, 0.717) is 41.8 Å². The quantitative estimate of drug-likeness (QED) is 0.378. The summed E-state index contributed by atoms with van der Waals surface area (Å²) in [6, 6.07) is 11.5. The normalized spacial score (nSPS) is 14.3. The SMILES string of the molecule is CC[C@H](C)NC(=O)[C@H](CC)N(Cc1ccccc1Cl)C(=O)CCCN(c1ccc2c(c1)OCCO2)S(C)(=O)=O. The number of hydrogen-bond donors (Lipinski definition) is 1. The van der Waals surface area contributed by atoms with Crippen molar-refractivity contribution in [1.29, 1.82) is 0 Å². The lowest BCUT2D eigenvalue weighted by Crippen LogP contribution is -2.50. The Labute approximate surface area is 236 Å². The first-order chi connectivity index (χ1) is 18.5. The van der Waals surface area contributed by atoms with Crippen LogP contribution in [-0.2, 0) is 26.2 Å². The van der Waals surface area contributed by atoms with E-state index in [0.717, 1.165) is 18.2 Å². The molecule has 1 heterocycles. The van der Waals surface area contributed by atoms with Crippen molar-refractivity contribution in [2.24, 2.45) is 0 Å². The standard InChI is InChI=1S/C28H38ClN3O6S/c1-5-20(3)30-28(34)24(6-2)31(19-21-10-7-8-11-23(21)29)27(33)12-9-15-32(39(4,35)36)22-13-14-25-26(18-22)38-17-16-37-25/h7-8,10-11,13-14,18,20,24H,5-6,9,12,15-17,19H2,1-4H3,(H,30,34)/t20-,24-/m0/s1. The van der Waals surface area contributed by atoms with Gasteiger partial charge >= 0.3 is 0 Å². The molecule has 1 N–H and O–H groups in total. The highest BCUT2D eigenvalue weighted by atomic mass is 35.5. The van der Waals surface area contributed by atoms with Gasteiger partial charge in [-0.05, 0) is 49.9 Å². The van der Waals surface area contributed by atoms with Crippen LogP contribution in [0.15, 0.2) is 42.5 Å². The average Bonchev–Trinajstić information content (AvgIpc) is 2.90. The number of amides is 2. The molecular weight excluding hydrogens is 542 g/mol. The molecule has 2 atom stereocenters. The fourth-order valence-corrected chi connectivity index (χ4v) is 5.51. The maximum absolute atomic E-state index is 13.6. The summed E-state index contributed by atoms with van der Waals surface area (Å²) in [4.78, 5) is 28.3. The highest BCUT2D eigenvalue weighted by Gasteiger charge is 2.30. The molecule has 1 aliphatic heterocycles. The van der Waals surface area contributed by atoms with Crippen molar-refractivity contribution < 1.29 is 27.5 Å². The molecule has 11 heteroatoms. The lowest BCUT2D eigenvalue weighted by molar-refractivity contribution is -0.141. The number of hydrogen-bond acceptors (Lipinski definition) is 6. The topological polar surface area (TPSA) is 105 Å². The first kappa shape index (κ1) is 30.6. The molecule has 0 saturated carbocycles. The van der Waals surface area contributed by atoms with Crippen LogP contribution in [0, 0.1) is 0 Å². The second-order valence-corrected chi connectivity index (χ2v) is 11.9. The molecule has 0 unspecified atom stereocenters. The summed E-state index contributed by atoms with van der Waals surface area (Å²) < 4.78 is 37.7. The number of nitrogens with zero attached hydrogens (tertiary/aromatic N) is 2. The minimum absolute atomic E-state index is 0.0295. The third-order valence-electron chi connectivity index (χ3n) is 6.65. The van der Waals surface area contributed by atoms with Gasteiger partial charge in [-0.1, -0.05) is 43.6 Å². The highest BCUT2D eigenvalue weighted by Crippen LogP contribution is 2.35. The molecule has 1 aliphatic rings. The van der Waals surface area contributed by atoms with Crippen molar-refractivity contribution in [1.82, 2.24) is 10.2 Å². The van der Waals surface area contributed by atoms with Crippen LogP contribution in [0.25, 0.3) is 0 Å². The molecule has 39 heavy (non-hydrogen) atoms. The Hall–Kier alpha value is -2.98. The molecule has 2 aromatic carbocycles. The van der Waals surface area contributed by atoms with Crippen LogP contribution in [0.1, 0.15) is 52.0 Å². The minimum Gasteiger partial charge on any atom is -0.486 e. The molecule has 0 aromatic heterocycles. The summed E-state index contributed by atoms with van der Waals surface area (Å²) >= 11 is 6.39. The lowest BCUT2D eigenvalue weighted by atomic mass is 10.1. The zero-order valence-corrected chi connectivity index (χ0v) is 24.6. The molecule has 0 fully saturated rings. The van der Waals surface area contributed by atoms with Gasteiger partial charge in [0, 0.05) is 36.6 Å². The molecule has 2 amide bonds. The van der Waals surface area contributed by atoms with Gasteiger partial charge in [-0.25, -0.2) is 8.42 Å². The number of ether oxygens (including phenoxy) is 2. The molecule has 0 bridgehead atoms. The van der Waals surface area contributed by atoms with E-state index < -0.39 is 16.1 Å². The zero-order chi connectivity index (χ0) is 28.6. The zero-order valence-electron chi connectivity index (χ0n) is 23.0. The summed E-state index contributed by atoms with van der Waals surface area (Å²) in [5.41, 5.74) is 1.16. The summed E-state index contributed by atoms with van der Waals surface area (Å²) in [7, 11) is -3.64. The maximum atomic E-state index is 13.6. The third-order valence-corrected chi connectivity index (χ3v) is 8.21. The molecule has 2 aromatic rings. The predicted molar refractivity (Wildman–Crippen MR) is 153 cm³/mol. The number of fused-ring (bicyclic) bond motifs is 1. The Morgan fingerprint density at radius 3 is 2.38 bits per heavy atom. The van der Waals surface area contributed by atoms with Crippen LogP contribution >= 0.6 is 11.6 Å². The second-order valence-electron chi connectivity index (χ2n) is 9.62. The van der Waals surface area contributed by atoms with Crippen molar-refractivity contribution in [3.63, 3.8) is 0 Å². The molecule has 3 rings (SSSR count). The number of carbonyl (C=O) groups excluding carboxylic acids is 2. The summed E-state index contributed by atoms with van der Waals surface area (Å²) in [5, 5.41) is 3.49. The van der Waals surface area contributed by atoms with Crippen LogP contribution in [0.3, 0.4) is 0 Å². The van der Waals surface area contributed by atoms with Gasteiger partial charge < -0.3 is 19.7 Å². The third kappa shape index (κ3) is 8.25. The van der Waals surface area contributed by atoms with Gasteiger partial charge in [0.25, 0.3) is 0 Å². The van der Waals surface area contributed by atoms with E-state index in [2.05, 4.69) is 5.32 Å². The first-order valence-electron chi connectivity index (χ1n) is 13.3. The van der Waals surface area contributed by atoms with E-state index in [4.69, 9.17) is 21.1 Å². The monoisotopic (exact) mass is 579 g/mol. The Bertz CT molecular complexity index is 1260. The summed E-state index contributed by atoms with van der Waals surface area (Å²) in [6.07, 6.45) is 2.62. The van der Waals surface area contributed by atoms with Gasteiger partial charge in [-0.2, -0.15) is 0 Å². The van der Waals surface area contributed by atoms with Crippen LogP contribution in [-0.4, -0.2) is 63.2 Å². The number of halogens is 1. The minimum atomic E-state index is -3.64. The van der Waals surface area contributed by atoms with E-state index in [1.54, 1.807) is 29.2 Å². The van der Waals surface area contributed by atoms with E-state index in [1.807, 2.05) is 39.0 Å². The number of anilines is 1. The number of benzene rings is 2. The molecule has 214 valence electrons. The number of nitrogens with one attached hydrogen (secondary N) is 1. The molecule has 0 spiro atoms. The summed E-state index contributed by atoms with van der Waals surface area (Å²) in [6.45, 7) is 6.83. The van der Waals surface area contributed by atoms with Gasteiger partial charge in [0.15, 0.2) is 11.5 Å². The van der Waals surface area contributed by atoms with Crippen molar-refractivity contribution in [2.45, 2.75) is 65.1 Å². The molecule has 0 aliphatic carbocycles. The van der Waals surface area contributed by atoms with Gasteiger partial charge in [0.05, 0.1) is 11.9 Å². The largest absolute Gasteiger partial charge is 0.486 e. The van der Waals surface area contributed by atoms with Gasteiger partial charge in [0.2, 0.25) is 21.8 Å². The molecular formula is C28H38ClN3O6S. The van der Waals surface area contributed by atoms with E-state index in [-0.39, 0.29) is 43.8 Å². The van der Waals surface area contributed by atoms with Crippen molar-refractivity contribution in [2.75, 3.05) is 30.3 Å². The van der Waals surface area contributed by atoms with Gasteiger partial charge in [-0.3, -0.25) is 13.9 Å². The Balaban J connectivity index is 1.78. The van der Waals surface area contributed by atoms with Gasteiger partial charge in [-0.15, -0.1) is 0 Å². The van der Waals surface area contributed by atoms with Crippen molar-refractivity contribution >= 4 is 39.1 Å². The number of carbonyl (C=O) groups is 2. The highest BCUT2D eigenvalue weighted by molar-refractivity contribution is 7.92. The fourth-order valence-electron chi connectivity index (χ4n) is 4.36. The maximum Gasteiger partial charge on any atom is 0.243 e. The Morgan fingerprint density at radius 1 is 1.05 bits per heavy atom. The first-order valence-corrected chi connectivity index (χ1v) is 15.5. The van der Waals surface area contributed by atoms with Crippen molar-refractivity contribution in [3.8, 4) is 11.5 Å². The number of sulfonamides is 1. The fraction of sp³-hybridized carbons (Fsp3) is 0.500. The Kier molecular flexibility index (Phi) is 10.9. The van der Waals surface area contributed by atoms with E-state index in [9.17, 15) is 18.0 Å². The van der Waals surface area contributed by atoms with Crippen molar-refractivity contribution in [3.05, 3.63) is 53.1 Å². The Morgan fingerprint density at radius 2 is 1.74 bits per heavy atom. The average molecular weight is 580 g/mol. The second kappa shape index (κ2) is 13.9. The van der Waals surface area contributed by atoms with Gasteiger partial charge in [0.1, 0.15) is 19.3 Å². The smallest absolute Gasteiger partial charge is 0.243 e. The molecule has 0 saturated heterocycles. The molecule has 9 nitrogen and oxygen atoms in total. The number of rotatable bonds is 13.